The number of pyridine rings is 1. The third-order valence-electron chi connectivity index (χ3n) is 2.83. The maximum absolute atomic E-state index is 11.8. The second kappa shape index (κ2) is 4.93. The molecule has 0 bridgehead atoms. The molecule has 0 aliphatic rings. The number of fused-ring (bicyclic) bond motifs is 1. The topological polar surface area (TPSA) is 82.5 Å². The Morgan fingerprint density at radius 1 is 1.55 bits per heavy atom. The van der Waals surface area contributed by atoms with Gasteiger partial charge in [-0.1, -0.05) is 0 Å². The molecule has 3 aromatic rings. The average molecular weight is 288 g/mol. The maximum Gasteiger partial charge on any atom is 0.360 e. The number of hydrogen-bond donors (Lipinski definition) is 1. The van der Waals surface area contributed by atoms with E-state index in [2.05, 4.69) is 9.97 Å². The van der Waals surface area contributed by atoms with Crippen molar-refractivity contribution < 1.29 is 9.53 Å². The highest BCUT2D eigenvalue weighted by atomic mass is 32.1. The summed E-state index contributed by atoms with van der Waals surface area (Å²) in [6.07, 6.45) is 3.44. The summed E-state index contributed by atoms with van der Waals surface area (Å²) < 4.78 is 6.69. The van der Waals surface area contributed by atoms with Crippen molar-refractivity contribution in [2.75, 3.05) is 12.3 Å². The molecule has 3 heterocycles. The van der Waals surface area contributed by atoms with Gasteiger partial charge in [-0.25, -0.2) is 9.78 Å². The van der Waals surface area contributed by atoms with E-state index in [0.29, 0.717) is 17.4 Å². The fraction of sp³-hybridized carbons (Fsp3) is 0.154. The molecule has 6 nitrogen and oxygen atoms in total. The lowest BCUT2D eigenvalue weighted by Gasteiger charge is -2.02. The van der Waals surface area contributed by atoms with Crippen molar-refractivity contribution >= 4 is 28.1 Å². The maximum atomic E-state index is 11.8. The molecule has 0 unspecified atom stereocenters. The van der Waals surface area contributed by atoms with Gasteiger partial charge < -0.3 is 10.5 Å². The number of nitrogens with two attached hydrogens (primary N) is 1. The average Bonchev–Trinajstić information content (AvgIpc) is 3.01. The molecule has 7 heteroatoms. The molecule has 102 valence electrons. The van der Waals surface area contributed by atoms with E-state index in [1.807, 2.05) is 17.5 Å². The Kier molecular flexibility index (Phi) is 3.11. The number of nitrogen functional groups attached to an aromatic ring is 1. The van der Waals surface area contributed by atoms with E-state index in [1.54, 1.807) is 23.7 Å². The van der Waals surface area contributed by atoms with E-state index in [0.717, 1.165) is 11.3 Å². The van der Waals surface area contributed by atoms with Crippen molar-refractivity contribution in [2.24, 2.45) is 0 Å². The van der Waals surface area contributed by atoms with Gasteiger partial charge in [-0.2, -0.15) is 0 Å². The summed E-state index contributed by atoms with van der Waals surface area (Å²) in [7, 11) is 0. The van der Waals surface area contributed by atoms with Crippen LogP contribution in [0.2, 0.25) is 0 Å². The van der Waals surface area contributed by atoms with Gasteiger partial charge in [0.15, 0.2) is 10.7 Å². The molecule has 0 atom stereocenters. The Bertz CT molecular complexity index is 763. The second-order valence-electron chi connectivity index (χ2n) is 4.05. The van der Waals surface area contributed by atoms with Gasteiger partial charge in [0.25, 0.3) is 0 Å². The van der Waals surface area contributed by atoms with Gasteiger partial charge in [0, 0.05) is 23.3 Å². The van der Waals surface area contributed by atoms with Crippen LogP contribution in [0, 0.1) is 0 Å². The fourth-order valence-electron chi connectivity index (χ4n) is 1.95. The van der Waals surface area contributed by atoms with Crippen LogP contribution in [0.25, 0.3) is 16.2 Å². The first-order valence-electron chi connectivity index (χ1n) is 6.05. The third kappa shape index (κ3) is 1.92. The molecule has 0 fully saturated rings. The highest BCUT2D eigenvalue weighted by Gasteiger charge is 2.21. The smallest absolute Gasteiger partial charge is 0.360 e. The number of esters is 1. The van der Waals surface area contributed by atoms with Gasteiger partial charge in [0.1, 0.15) is 5.82 Å². The van der Waals surface area contributed by atoms with Crippen LogP contribution in [0.15, 0.2) is 29.9 Å². The molecular weight excluding hydrogens is 276 g/mol. The van der Waals surface area contributed by atoms with Crippen LogP contribution < -0.4 is 5.73 Å². The van der Waals surface area contributed by atoms with Crippen molar-refractivity contribution in [3.05, 3.63) is 35.6 Å². The molecule has 0 amide bonds. The number of imidazole rings is 1. The molecule has 0 radical (unpaired) electrons. The zero-order chi connectivity index (χ0) is 14.1. The summed E-state index contributed by atoms with van der Waals surface area (Å²) in [4.78, 5) is 20.8. The first kappa shape index (κ1) is 12.6. The van der Waals surface area contributed by atoms with Gasteiger partial charge in [-0.15, -0.1) is 11.3 Å². The van der Waals surface area contributed by atoms with Crippen LogP contribution in [0.3, 0.4) is 0 Å². The Labute approximate surface area is 118 Å². The molecule has 0 aliphatic carbocycles. The predicted molar refractivity (Wildman–Crippen MR) is 76.7 cm³/mol. The van der Waals surface area contributed by atoms with Crippen LogP contribution in [0.5, 0.6) is 0 Å². The van der Waals surface area contributed by atoms with E-state index in [9.17, 15) is 4.79 Å². The number of nitrogens with zero attached hydrogens (tertiary/aromatic N) is 3. The van der Waals surface area contributed by atoms with Crippen LogP contribution in [-0.4, -0.2) is 26.9 Å². The SMILES string of the molecule is CCOC(=O)c1nc2scc(-c3cccnc3)n2c1N. The number of carbonyl (C=O) groups is 1. The minimum atomic E-state index is -0.502. The lowest BCUT2D eigenvalue weighted by atomic mass is 10.2. The molecule has 2 N–H and O–H groups in total. The van der Waals surface area contributed by atoms with E-state index >= 15 is 0 Å². The fourth-order valence-corrected chi connectivity index (χ4v) is 2.85. The first-order valence-corrected chi connectivity index (χ1v) is 6.93. The van der Waals surface area contributed by atoms with E-state index in [-0.39, 0.29) is 5.69 Å². The molecule has 0 saturated carbocycles. The number of ether oxygens (including phenoxy) is 1. The zero-order valence-electron chi connectivity index (χ0n) is 10.7. The van der Waals surface area contributed by atoms with Gasteiger partial charge in [0.2, 0.25) is 0 Å². The number of anilines is 1. The minimum Gasteiger partial charge on any atom is -0.461 e. The largest absolute Gasteiger partial charge is 0.461 e. The molecule has 20 heavy (non-hydrogen) atoms. The summed E-state index contributed by atoms with van der Waals surface area (Å²) in [6, 6.07) is 3.77. The Morgan fingerprint density at radius 3 is 3.10 bits per heavy atom. The number of thiazole rings is 1. The van der Waals surface area contributed by atoms with Gasteiger partial charge in [-0.3, -0.25) is 9.38 Å². The highest BCUT2D eigenvalue weighted by Crippen LogP contribution is 2.29. The Balaban J connectivity index is 2.15. The minimum absolute atomic E-state index is 0.156. The predicted octanol–water partition coefficient (Wildman–Crippen LogP) is 2.22. The number of hydrogen-bond acceptors (Lipinski definition) is 6. The van der Waals surface area contributed by atoms with Gasteiger partial charge in [0.05, 0.1) is 12.3 Å². The third-order valence-corrected chi connectivity index (χ3v) is 3.65. The van der Waals surface area contributed by atoms with Crippen LogP contribution in [0.4, 0.5) is 5.82 Å². The van der Waals surface area contributed by atoms with Crippen LogP contribution >= 0.6 is 11.3 Å². The quantitative estimate of drug-likeness (QED) is 0.747. The number of aromatic nitrogens is 3. The molecule has 0 aliphatic heterocycles. The molecule has 0 aromatic carbocycles. The van der Waals surface area contributed by atoms with Crippen molar-refractivity contribution in [2.45, 2.75) is 6.92 Å². The molecule has 3 rings (SSSR count). The van der Waals surface area contributed by atoms with Crippen molar-refractivity contribution in [3.8, 4) is 11.3 Å². The van der Waals surface area contributed by atoms with Crippen LogP contribution in [-0.2, 0) is 4.74 Å². The van der Waals surface area contributed by atoms with Crippen molar-refractivity contribution in [1.82, 2.24) is 14.4 Å². The second-order valence-corrected chi connectivity index (χ2v) is 4.88. The van der Waals surface area contributed by atoms with E-state index in [1.165, 1.54) is 11.3 Å². The number of rotatable bonds is 3. The Morgan fingerprint density at radius 2 is 2.40 bits per heavy atom. The Hall–Kier alpha value is -2.41. The normalized spacial score (nSPS) is 10.8. The van der Waals surface area contributed by atoms with Crippen LogP contribution in [0.1, 0.15) is 17.4 Å². The van der Waals surface area contributed by atoms with Gasteiger partial charge >= 0.3 is 5.97 Å². The van der Waals surface area contributed by atoms with Gasteiger partial charge in [-0.05, 0) is 19.1 Å². The number of carbonyl (C=O) groups excluding carboxylic acids is 1. The molecular formula is C13H12N4O2S. The summed E-state index contributed by atoms with van der Waals surface area (Å²) >= 11 is 1.42. The molecule has 0 spiro atoms. The lowest BCUT2D eigenvalue weighted by Crippen LogP contribution is -2.08. The highest BCUT2D eigenvalue weighted by molar-refractivity contribution is 7.15. The summed E-state index contributed by atoms with van der Waals surface area (Å²) in [5.74, 6) is -0.211. The first-order chi connectivity index (χ1) is 9.72. The van der Waals surface area contributed by atoms with E-state index < -0.39 is 5.97 Å². The molecule has 0 saturated heterocycles. The summed E-state index contributed by atoms with van der Waals surface area (Å²) in [5, 5.41) is 1.94. The summed E-state index contributed by atoms with van der Waals surface area (Å²) in [5.41, 5.74) is 7.97. The lowest BCUT2D eigenvalue weighted by molar-refractivity contribution is 0.0521. The standard InChI is InChI=1S/C13H12N4O2S/c1-2-19-12(18)10-11(14)17-9(7-20-13(17)16-10)8-4-3-5-15-6-8/h3-7H,2,14H2,1H3. The van der Waals surface area contributed by atoms with Crippen molar-refractivity contribution in [3.63, 3.8) is 0 Å². The molecule has 3 aromatic heterocycles. The zero-order valence-corrected chi connectivity index (χ0v) is 11.6. The summed E-state index contributed by atoms with van der Waals surface area (Å²) in [6.45, 7) is 2.03. The van der Waals surface area contributed by atoms with E-state index in [4.69, 9.17) is 10.5 Å². The monoisotopic (exact) mass is 288 g/mol. The van der Waals surface area contributed by atoms with Crippen molar-refractivity contribution in [1.29, 1.82) is 0 Å².